The molecule has 24 heavy (non-hydrogen) atoms. The van der Waals surface area contributed by atoms with Crippen LogP contribution < -0.4 is 10.6 Å². The van der Waals surface area contributed by atoms with E-state index in [1.54, 1.807) is 42.7 Å². The molecule has 0 bridgehead atoms. The number of anilines is 2. The van der Waals surface area contributed by atoms with Crippen LogP contribution in [0, 0.1) is 0 Å². The number of amides is 1. The predicted molar refractivity (Wildman–Crippen MR) is 97.4 cm³/mol. The Labute approximate surface area is 145 Å². The summed E-state index contributed by atoms with van der Waals surface area (Å²) in [6.07, 6.45) is 3.49. The van der Waals surface area contributed by atoms with Gasteiger partial charge < -0.3 is 10.6 Å². The van der Waals surface area contributed by atoms with Crippen LogP contribution in [0.1, 0.15) is 15.9 Å². The van der Waals surface area contributed by atoms with Crippen molar-refractivity contribution in [1.29, 1.82) is 0 Å². The number of hydrogen-bond acceptors (Lipinski definition) is 3. The number of para-hydroxylation sites is 1. The molecule has 0 aliphatic carbocycles. The molecule has 3 rings (SSSR count). The lowest BCUT2D eigenvalue weighted by atomic mass is 10.1. The molecular weight excluding hydrogens is 328 g/mol. The Hall–Kier alpha value is -2.85. The maximum absolute atomic E-state index is 12.5. The van der Waals surface area contributed by atoms with Crippen LogP contribution in [-0.4, -0.2) is 10.9 Å². The summed E-state index contributed by atoms with van der Waals surface area (Å²) in [4.78, 5) is 16.5. The van der Waals surface area contributed by atoms with E-state index < -0.39 is 0 Å². The molecule has 0 aliphatic rings. The molecule has 2 N–H and O–H groups in total. The largest absolute Gasteiger partial charge is 0.380 e. The summed E-state index contributed by atoms with van der Waals surface area (Å²) in [6.45, 7) is 0.619. The van der Waals surface area contributed by atoms with E-state index in [1.807, 2.05) is 30.3 Å². The van der Waals surface area contributed by atoms with Crippen LogP contribution in [0.3, 0.4) is 0 Å². The molecule has 1 amide bonds. The van der Waals surface area contributed by atoms with Gasteiger partial charge >= 0.3 is 0 Å². The third-order valence-electron chi connectivity index (χ3n) is 3.51. The number of aromatic nitrogens is 1. The zero-order chi connectivity index (χ0) is 16.8. The zero-order valence-electron chi connectivity index (χ0n) is 12.9. The number of hydrogen-bond donors (Lipinski definition) is 2. The predicted octanol–water partition coefficient (Wildman–Crippen LogP) is 4.60. The molecule has 0 radical (unpaired) electrons. The van der Waals surface area contributed by atoms with E-state index in [1.165, 1.54) is 0 Å². The van der Waals surface area contributed by atoms with Gasteiger partial charge in [-0.3, -0.25) is 9.78 Å². The average molecular weight is 344 g/mol. The van der Waals surface area contributed by atoms with Crippen LogP contribution >= 0.6 is 11.6 Å². The number of rotatable bonds is 5. The smallest absolute Gasteiger partial charge is 0.257 e. The van der Waals surface area contributed by atoms with Crippen molar-refractivity contribution in [2.24, 2.45) is 0 Å². The van der Waals surface area contributed by atoms with Gasteiger partial charge in [0.15, 0.2) is 0 Å². The number of carbonyl (C=O) groups excluding carboxylic acids is 1. The van der Waals surface area contributed by atoms with Gasteiger partial charge in [0.05, 0.1) is 5.56 Å². The summed E-state index contributed by atoms with van der Waals surface area (Å²) < 4.78 is 0. The summed E-state index contributed by atoms with van der Waals surface area (Å²) in [5.41, 5.74) is 3.16. The molecule has 0 aliphatic heterocycles. The molecule has 0 saturated carbocycles. The Balaban J connectivity index is 1.73. The Kier molecular flexibility index (Phi) is 5.08. The van der Waals surface area contributed by atoms with Crippen LogP contribution in [0.15, 0.2) is 73.1 Å². The van der Waals surface area contributed by atoms with Crippen molar-refractivity contribution < 1.29 is 4.79 Å². The molecule has 0 unspecified atom stereocenters. The van der Waals surface area contributed by atoms with Crippen LogP contribution in [0.4, 0.5) is 11.4 Å². The molecule has 1 aromatic heterocycles. The Morgan fingerprint density at radius 1 is 0.958 bits per heavy atom. The van der Waals surface area contributed by atoms with Crippen molar-refractivity contribution in [3.05, 3.63) is 89.2 Å². The molecule has 120 valence electrons. The van der Waals surface area contributed by atoms with Gasteiger partial charge in [0, 0.05) is 35.3 Å². The zero-order valence-corrected chi connectivity index (χ0v) is 13.6. The number of benzene rings is 2. The highest BCUT2D eigenvalue weighted by molar-refractivity contribution is 6.30. The Morgan fingerprint density at radius 3 is 2.42 bits per heavy atom. The summed E-state index contributed by atoms with van der Waals surface area (Å²) in [5.74, 6) is -0.171. The first kappa shape index (κ1) is 16.0. The van der Waals surface area contributed by atoms with E-state index >= 15 is 0 Å². The monoisotopic (exact) mass is 343 g/mol. The fraction of sp³-hybridized carbons (Fsp3) is 0.0526. The van der Waals surface area contributed by atoms with Gasteiger partial charge in [0.1, 0.15) is 0 Å². The SMILES string of the molecule is O=C(N[13c]1[13cH][13cH][13c](Cl)[13cH][13cH]1)c1ccccc1NCc1ccncc1. The first-order chi connectivity index (χ1) is 11.7. The summed E-state index contributed by atoms with van der Waals surface area (Å²) in [5, 5.41) is 6.80. The maximum Gasteiger partial charge on any atom is 0.257 e. The van der Waals surface area contributed by atoms with Crippen molar-refractivity contribution in [3.63, 3.8) is 0 Å². The quantitative estimate of drug-likeness (QED) is 0.712. The summed E-state index contributed by atoms with van der Waals surface area (Å²) >= 11 is 5.86. The molecule has 2 aromatic carbocycles. The van der Waals surface area contributed by atoms with Gasteiger partial charge in [-0.15, -0.1) is 0 Å². The molecule has 0 spiro atoms. The lowest BCUT2D eigenvalue weighted by molar-refractivity contribution is 0.102. The maximum atomic E-state index is 12.5. The minimum atomic E-state index is -0.171. The van der Waals surface area contributed by atoms with Crippen LogP contribution in [0.5, 0.6) is 0 Å². The topological polar surface area (TPSA) is 54.0 Å². The van der Waals surface area contributed by atoms with E-state index in [0.29, 0.717) is 22.8 Å². The van der Waals surface area contributed by atoms with Crippen LogP contribution in [-0.2, 0) is 6.54 Å². The summed E-state index contributed by atoms with van der Waals surface area (Å²) in [7, 11) is 0. The minimum Gasteiger partial charge on any atom is -0.380 e. The van der Waals surface area contributed by atoms with Gasteiger partial charge in [0.25, 0.3) is 5.91 Å². The first-order valence-corrected chi connectivity index (χ1v) is 7.89. The Morgan fingerprint density at radius 2 is 1.67 bits per heavy atom. The lowest BCUT2D eigenvalue weighted by Gasteiger charge is -2.12. The van der Waals surface area contributed by atoms with Gasteiger partial charge in [-0.25, -0.2) is 0 Å². The summed E-state index contributed by atoms with van der Waals surface area (Å²) in [6, 6.07) is 18.3. The van der Waals surface area contributed by atoms with E-state index in [4.69, 9.17) is 11.6 Å². The van der Waals surface area contributed by atoms with E-state index in [9.17, 15) is 4.79 Å². The molecule has 1 heterocycles. The number of pyridine rings is 1. The standard InChI is InChI=1S/C19H16ClN3O/c20-15-5-7-16(8-6-15)23-19(24)17-3-1-2-4-18(17)22-13-14-9-11-21-12-10-14/h1-12,22H,13H2,(H,23,24)/i5+1,6+1,7+1,8+1,15+1,16+1. The molecule has 0 saturated heterocycles. The number of nitrogens with one attached hydrogen (secondary N) is 2. The molecule has 3 aromatic rings. The normalized spacial score (nSPS) is 10.2. The fourth-order valence-electron chi connectivity index (χ4n) is 2.26. The van der Waals surface area contributed by atoms with Gasteiger partial charge in [-0.1, -0.05) is 23.7 Å². The average Bonchev–Trinajstić information content (AvgIpc) is 2.63. The van der Waals surface area contributed by atoms with Crippen molar-refractivity contribution in [1.82, 2.24) is 4.98 Å². The third kappa shape index (κ3) is 4.12. The molecule has 4 nitrogen and oxygen atoms in total. The second-order valence-electron chi connectivity index (χ2n) is 5.22. The van der Waals surface area contributed by atoms with Gasteiger partial charge in [0.2, 0.25) is 0 Å². The number of nitrogens with zero attached hydrogens (tertiary/aromatic N) is 1. The highest BCUT2D eigenvalue weighted by Crippen LogP contribution is 2.19. The van der Waals surface area contributed by atoms with E-state index in [2.05, 4.69) is 15.6 Å². The van der Waals surface area contributed by atoms with Gasteiger partial charge in [-0.05, 0) is 54.1 Å². The molecule has 0 atom stereocenters. The Bertz CT molecular complexity index is 820. The van der Waals surface area contributed by atoms with Gasteiger partial charge in [-0.2, -0.15) is 0 Å². The number of carbonyl (C=O) groups is 1. The van der Waals surface area contributed by atoms with E-state index in [-0.39, 0.29) is 5.91 Å². The third-order valence-corrected chi connectivity index (χ3v) is 3.76. The second kappa shape index (κ2) is 7.62. The minimum absolute atomic E-state index is 0.171. The van der Waals surface area contributed by atoms with Crippen LogP contribution in [0.2, 0.25) is 5.02 Å². The van der Waals surface area contributed by atoms with E-state index in [0.717, 1.165) is 11.3 Å². The fourth-order valence-corrected chi connectivity index (χ4v) is 2.39. The van der Waals surface area contributed by atoms with Crippen molar-refractivity contribution >= 4 is 28.9 Å². The van der Waals surface area contributed by atoms with Crippen molar-refractivity contribution in [2.45, 2.75) is 6.54 Å². The first-order valence-electron chi connectivity index (χ1n) is 7.51. The molecule has 0 fully saturated rings. The van der Waals surface area contributed by atoms with Crippen molar-refractivity contribution in [3.8, 4) is 0 Å². The highest BCUT2D eigenvalue weighted by atomic mass is 35.5. The second-order valence-corrected chi connectivity index (χ2v) is 5.65. The lowest BCUT2D eigenvalue weighted by Crippen LogP contribution is -2.14. The molecular formula is C19H16ClN3O. The van der Waals surface area contributed by atoms with Crippen LogP contribution in [0.25, 0.3) is 0 Å². The number of halogens is 1. The molecule has 5 heteroatoms. The van der Waals surface area contributed by atoms with Crippen molar-refractivity contribution in [2.75, 3.05) is 10.6 Å². The highest BCUT2D eigenvalue weighted by Gasteiger charge is 2.11.